The van der Waals surface area contributed by atoms with Crippen LogP contribution in [-0.4, -0.2) is 10.2 Å². The monoisotopic (exact) mass is 381 g/mol. The third-order valence-corrected chi connectivity index (χ3v) is 3.85. The Hall–Kier alpha value is -1.55. The highest BCUT2D eigenvalue weighted by Gasteiger charge is 2.17. The summed E-state index contributed by atoms with van der Waals surface area (Å²) < 4.78 is 6.80. The maximum absolute atomic E-state index is 9.10. The van der Waals surface area contributed by atoms with Gasteiger partial charge in [0.25, 0.3) is 0 Å². The number of benzene rings is 1. The van der Waals surface area contributed by atoms with E-state index in [1.54, 1.807) is 0 Å². The number of hydrogen-bond acceptors (Lipinski definition) is 3. The quantitative estimate of drug-likeness (QED) is 0.801. The van der Waals surface area contributed by atoms with Crippen LogP contribution in [0, 0.1) is 28.9 Å². The largest absolute Gasteiger partial charge is 0.453 e. The number of halogens is 1. The van der Waals surface area contributed by atoms with E-state index in [4.69, 9.17) is 10.00 Å². The normalized spacial score (nSPS) is 10.7. The Morgan fingerprint density at radius 2 is 1.90 bits per heavy atom. The van der Waals surface area contributed by atoms with Crippen molar-refractivity contribution in [3.8, 4) is 17.6 Å². The molecule has 1 N–H and O–H groups in total. The molecular weight excluding hydrogens is 365 g/mol. The molecule has 104 valence electrons. The van der Waals surface area contributed by atoms with Gasteiger partial charge in [-0.05, 0) is 65.6 Å². The van der Waals surface area contributed by atoms with E-state index < -0.39 is 0 Å². The molecule has 2 aromatic rings. The molecule has 0 atom stereocenters. The maximum atomic E-state index is 9.10. The number of H-pyrrole nitrogens is 1. The Labute approximate surface area is 132 Å². The molecule has 0 spiro atoms. The number of nitrogens with zero attached hydrogens (tertiary/aromatic N) is 2. The number of aromatic nitrogens is 2. The molecule has 0 amide bonds. The number of nitrogens with one attached hydrogen (secondary N) is 1. The fourth-order valence-corrected chi connectivity index (χ4v) is 2.61. The van der Waals surface area contributed by atoms with Gasteiger partial charge >= 0.3 is 0 Å². The number of hydrogen-bond donors (Lipinski definition) is 1. The van der Waals surface area contributed by atoms with E-state index in [1.807, 2.05) is 26.0 Å². The number of nitriles is 1. The first kappa shape index (κ1) is 14.9. The summed E-state index contributed by atoms with van der Waals surface area (Å²) in [4.78, 5) is 0. The van der Waals surface area contributed by atoms with Gasteiger partial charge in [0.05, 0.1) is 17.3 Å². The summed E-state index contributed by atoms with van der Waals surface area (Å²) in [6.07, 6.45) is 0. The van der Waals surface area contributed by atoms with Crippen LogP contribution < -0.4 is 4.74 Å². The molecule has 5 heteroatoms. The summed E-state index contributed by atoms with van der Waals surface area (Å²) in [7, 11) is 0. The van der Waals surface area contributed by atoms with Gasteiger partial charge in [-0.3, -0.25) is 5.10 Å². The zero-order chi connectivity index (χ0) is 14.9. The van der Waals surface area contributed by atoms with Gasteiger partial charge < -0.3 is 4.74 Å². The maximum Gasteiger partial charge on any atom is 0.182 e. The molecule has 0 radical (unpaired) electrons. The van der Waals surface area contributed by atoms with Crippen molar-refractivity contribution in [1.82, 2.24) is 10.2 Å². The van der Waals surface area contributed by atoms with Gasteiger partial charge in [-0.25, -0.2) is 0 Å². The summed E-state index contributed by atoms with van der Waals surface area (Å²) in [6, 6.07) is 5.99. The summed E-state index contributed by atoms with van der Waals surface area (Å²) in [5.74, 6) is 1.81. The van der Waals surface area contributed by atoms with Gasteiger partial charge in [0.2, 0.25) is 0 Å². The zero-order valence-corrected chi connectivity index (χ0v) is 14.1. The van der Waals surface area contributed by atoms with E-state index in [1.165, 1.54) is 0 Å². The molecule has 1 aromatic heterocycles. The molecule has 4 nitrogen and oxygen atoms in total. The molecule has 0 fully saturated rings. The van der Waals surface area contributed by atoms with Crippen molar-refractivity contribution in [2.45, 2.75) is 33.6 Å². The van der Waals surface area contributed by atoms with Crippen molar-refractivity contribution in [3.63, 3.8) is 0 Å². The molecule has 0 aliphatic heterocycles. The van der Waals surface area contributed by atoms with Crippen LogP contribution in [0.5, 0.6) is 11.5 Å². The molecule has 0 aliphatic rings. The summed E-state index contributed by atoms with van der Waals surface area (Å²) in [5, 5.41) is 16.3. The lowest BCUT2D eigenvalue weighted by Crippen LogP contribution is -1.95. The topological polar surface area (TPSA) is 61.7 Å². The Morgan fingerprint density at radius 3 is 2.40 bits per heavy atom. The molecule has 20 heavy (non-hydrogen) atoms. The van der Waals surface area contributed by atoms with Crippen molar-refractivity contribution in [1.29, 1.82) is 5.26 Å². The lowest BCUT2D eigenvalue weighted by Gasteiger charge is -2.11. The fourth-order valence-electron chi connectivity index (χ4n) is 2.09. The number of ether oxygens (including phenoxy) is 1. The number of rotatable bonds is 3. The third kappa shape index (κ3) is 2.80. The summed E-state index contributed by atoms with van der Waals surface area (Å²) in [6.45, 7) is 8.02. The molecule has 0 saturated carbocycles. The van der Waals surface area contributed by atoms with E-state index in [9.17, 15) is 0 Å². The minimum absolute atomic E-state index is 0.307. The minimum Gasteiger partial charge on any atom is -0.453 e. The van der Waals surface area contributed by atoms with Crippen LogP contribution >= 0.6 is 22.6 Å². The SMILES string of the molecule is Cc1cc(Oc2c(I)n[nH]c2C(C)C)cc(C)c1C#N. The lowest BCUT2D eigenvalue weighted by molar-refractivity contribution is 0.469. The highest BCUT2D eigenvalue weighted by molar-refractivity contribution is 14.1. The second-order valence-electron chi connectivity index (χ2n) is 5.06. The van der Waals surface area contributed by atoms with Crippen molar-refractivity contribution in [2.75, 3.05) is 0 Å². The standard InChI is InChI=1S/C15H16IN3O/c1-8(2)13-14(15(16)19-18-13)20-11-5-9(3)12(7-17)10(4)6-11/h5-6,8H,1-4H3,(H,18,19). The van der Waals surface area contributed by atoms with Crippen molar-refractivity contribution in [2.24, 2.45) is 0 Å². The Balaban J connectivity index is 2.41. The predicted molar refractivity (Wildman–Crippen MR) is 86.1 cm³/mol. The van der Waals surface area contributed by atoms with Gasteiger partial charge in [-0.1, -0.05) is 13.8 Å². The molecular formula is C15H16IN3O. The summed E-state index contributed by atoms with van der Waals surface area (Å²) >= 11 is 2.15. The Morgan fingerprint density at radius 1 is 1.30 bits per heavy atom. The van der Waals surface area contributed by atoms with Crippen LogP contribution in [0.1, 0.15) is 42.1 Å². The first-order chi connectivity index (χ1) is 9.43. The van der Waals surface area contributed by atoms with Gasteiger partial charge in [0.15, 0.2) is 9.45 Å². The smallest absolute Gasteiger partial charge is 0.182 e. The molecule has 0 aliphatic carbocycles. The van der Waals surface area contributed by atoms with Crippen molar-refractivity contribution in [3.05, 3.63) is 38.2 Å². The highest BCUT2D eigenvalue weighted by Crippen LogP contribution is 2.34. The minimum atomic E-state index is 0.307. The second kappa shape index (κ2) is 5.83. The highest BCUT2D eigenvalue weighted by atomic mass is 127. The molecule has 1 aromatic carbocycles. The lowest BCUT2D eigenvalue weighted by atomic mass is 10.0. The van der Waals surface area contributed by atoms with Crippen LogP contribution in [0.3, 0.4) is 0 Å². The molecule has 1 heterocycles. The van der Waals surface area contributed by atoms with Crippen LogP contribution in [0.2, 0.25) is 0 Å². The van der Waals surface area contributed by atoms with Crippen LogP contribution in [0.4, 0.5) is 0 Å². The molecule has 0 saturated heterocycles. The van der Waals surface area contributed by atoms with Crippen LogP contribution in [0.25, 0.3) is 0 Å². The number of aromatic amines is 1. The van der Waals surface area contributed by atoms with E-state index in [2.05, 4.69) is 52.7 Å². The van der Waals surface area contributed by atoms with Gasteiger partial charge in [-0.2, -0.15) is 10.4 Å². The van der Waals surface area contributed by atoms with Crippen LogP contribution in [0.15, 0.2) is 12.1 Å². The first-order valence-electron chi connectivity index (χ1n) is 6.37. The number of aryl methyl sites for hydroxylation is 2. The summed E-state index contributed by atoms with van der Waals surface area (Å²) in [5.41, 5.74) is 3.54. The van der Waals surface area contributed by atoms with E-state index >= 15 is 0 Å². The predicted octanol–water partition coefficient (Wildman–Crippen LogP) is 4.42. The molecule has 0 bridgehead atoms. The Bertz CT molecular complexity index is 660. The van der Waals surface area contributed by atoms with Crippen molar-refractivity contribution >= 4 is 22.6 Å². The average Bonchev–Trinajstić information content (AvgIpc) is 2.71. The van der Waals surface area contributed by atoms with E-state index in [0.29, 0.717) is 11.5 Å². The van der Waals surface area contributed by atoms with E-state index in [-0.39, 0.29) is 0 Å². The molecule has 0 unspecified atom stereocenters. The third-order valence-electron chi connectivity index (χ3n) is 3.12. The first-order valence-corrected chi connectivity index (χ1v) is 7.44. The van der Waals surface area contributed by atoms with Crippen molar-refractivity contribution < 1.29 is 4.74 Å². The van der Waals surface area contributed by atoms with Gasteiger partial charge in [-0.15, -0.1) is 0 Å². The van der Waals surface area contributed by atoms with E-state index in [0.717, 1.165) is 32.0 Å². The second-order valence-corrected chi connectivity index (χ2v) is 6.08. The fraction of sp³-hybridized carbons (Fsp3) is 0.333. The average molecular weight is 381 g/mol. The Kier molecular flexibility index (Phi) is 4.33. The van der Waals surface area contributed by atoms with Gasteiger partial charge in [0, 0.05) is 0 Å². The van der Waals surface area contributed by atoms with Crippen LogP contribution in [-0.2, 0) is 0 Å². The zero-order valence-electron chi connectivity index (χ0n) is 11.9. The van der Waals surface area contributed by atoms with Gasteiger partial charge in [0.1, 0.15) is 5.75 Å². The molecule has 2 rings (SSSR count).